The zero-order valence-electron chi connectivity index (χ0n) is 14.8. The number of hydrogen-bond donors (Lipinski definition) is 1. The molecule has 2 heterocycles. The van der Waals surface area contributed by atoms with Gasteiger partial charge in [0.05, 0.1) is 26.4 Å². The Labute approximate surface area is 141 Å². The lowest BCUT2D eigenvalue weighted by Crippen LogP contribution is -2.46. The fourth-order valence-corrected chi connectivity index (χ4v) is 4.62. The maximum atomic E-state index is 5.65. The van der Waals surface area contributed by atoms with Crippen molar-refractivity contribution in [2.45, 2.75) is 45.4 Å². The van der Waals surface area contributed by atoms with E-state index >= 15 is 0 Å². The van der Waals surface area contributed by atoms with Gasteiger partial charge in [-0.3, -0.25) is 0 Å². The summed E-state index contributed by atoms with van der Waals surface area (Å²) in [6, 6.07) is 0.818. The van der Waals surface area contributed by atoms with Crippen LogP contribution >= 0.6 is 0 Å². The largest absolute Gasteiger partial charge is 0.500 e. The topological polar surface area (TPSA) is 88.0 Å². The second-order valence-corrected chi connectivity index (χ2v) is 8.05. The molecule has 2 fully saturated rings. The molecule has 0 aromatic heterocycles. The van der Waals surface area contributed by atoms with Crippen molar-refractivity contribution in [3.05, 3.63) is 0 Å². The second-order valence-electron chi connectivity index (χ2n) is 5.32. The normalized spacial score (nSPS) is 22.4. The van der Waals surface area contributed by atoms with Crippen molar-refractivity contribution < 1.29 is 27.5 Å². The van der Waals surface area contributed by atoms with Crippen LogP contribution in [0.25, 0.3) is 0 Å². The lowest BCUT2D eigenvalue weighted by molar-refractivity contribution is 0.0710. The van der Waals surface area contributed by atoms with Crippen molar-refractivity contribution in [3.8, 4) is 0 Å². The summed E-state index contributed by atoms with van der Waals surface area (Å²) < 4.78 is 32.1. The van der Waals surface area contributed by atoms with E-state index < -0.39 is 8.80 Å². The fraction of sp³-hybridized carbons (Fsp3) is 1.00. The van der Waals surface area contributed by atoms with Gasteiger partial charge in [-0.05, 0) is 33.7 Å². The monoisotopic (exact) mass is 351 g/mol. The Bertz CT molecular complexity index is 260. The smallest absolute Gasteiger partial charge is 0.376 e. The van der Waals surface area contributed by atoms with Crippen LogP contribution in [-0.2, 0) is 27.5 Å². The van der Waals surface area contributed by atoms with Crippen LogP contribution < -0.4 is 5.73 Å². The third-order valence-corrected chi connectivity index (χ3v) is 6.34. The molecule has 2 atom stereocenters. The average molecular weight is 352 g/mol. The lowest BCUT2D eigenvalue weighted by Gasteiger charge is -2.28. The maximum absolute atomic E-state index is 5.65. The van der Waals surface area contributed by atoms with Gasteiger partial charge in [-0.2, -0.15) is 0 Å². The molecule has 138 valence electrons. The highest BCUT2D eigenvalue weighted by Gasteiger charge is 2.39. The summed E-state index contributed by atoms with van der Waals surface area (Å²) in [6.45, 7) is 11.7. The molecule has 23 heavy (non-hydrogen) atoms. The van der Waals surface area contributed by atoms with Crippen molar-refractivity contribution in [2.75, 3.05) is 52.8 Å². The molecular formula is C15H33NO6Si. The van der Waals surface area contributed by atoms with Crippen molar-refractivity contribution in [3.63, 3.8) is 0 Å². The molecule has 0 saturated carbocycles. The van der Waals surface area contributed by atoms with E-state index in [0.29, 0.717) is 38.6 Å². The molecule has 2 aliphatic rings. The van der Waals surface area contributed by atoms with Crippen LogP contribution in [0.3, 0.4) is 0 Å². The molecule has 0 aromatic carbocycles. The standard InChI is InChI=1S/C9H23NO3Si.C6H10O3/c1-4-11-14(12-5-2,13-6-3)9-7-8-10;1(5-3-8-5)7-2-6-4-9-6/h4-10H2,1-3H3;5-6H,1-4H2. The van der Waals surface area contributed by atoms with Crippen LogP contribution in [0.5, 0.6) is 0 Å². The second kappa shape index (κ2) is 12.3. The van der Waals surface area contributed by atoms with Crippen LogP contribution in [-0.4, -0.2) is 73.8 Å². The molecule has 2 unspecified atom stereocenters. The molecular weight excluding hydrogens is 318 g/mol. The van der Waals surface area contributed by atoms with E-state index in [4.69, 9.17) is 33.2 Å². The lowest BCUT2D eigenvalue weighted by atomic mass is 10.5. The molecule has 7 nitrogen and oxygen atoms in total. The minimum atomic E-state index is -2.40. The molecule has 0 radical (unpaired) electrons. The molecule has 2 saturated heterocycles. The van der Waals surface area contributed by atoms with Gasteiger partial charge < -0.3 is 33.2 Å². The Morgan fingerprint density at radius 2 is 1.35 bits per heavy atom. The highest BCUT2D eigenvalue weighted by atomic mass is 28.4. The number of hydrogen-bond acceptors (Lipinski definition) is 7. The first kappa shape index (κ1) is 21.0. The molecule has 0 spiro atoms. The van der Waals surface area contributed by atoms with Crippen molar-refractivity contribution in [2.24, 2.45) is 5.73 Å². The Morgan fingerprint density at radius 1 is 0.913 bits per heavy atom. The molecule has 0 aromatic rings. The first-order chi connectivity index (χ1) is 11.2. The van der Waals surface area contributed by atoms with Crippen molar-refractivity contribution in [1.29, 1.82) is 0 Å². The number of rotatable bonds is 13. The van der Waals surface area contributed by atoms with Gasteiger partial charge in [0.15, 0.2) is 0 Å². The van der Waals surface area contributed by atoms with E-state index in [9.17, 15) is 0 Å². The van der Waals surface area contributed by atoms with Gasteiger partial charge >= 0.3 is 8.80 Å². The molecule has 2 rings (SSSR count). The first-order valence-corrected chi connectivity index (χ1v) is 10.6. The molecule has 8 heteroatoms. The predicted octanol–water partition coefficient (Wildman–Crippen LogP) is 1.18. The van der Waals surface area contributed by atoms with Gasteiger partial charge in [-0.1, -0.05) is 0 Å². The summed E-state index contributed by atoms with van der Waals surface area (Å²) in [5.41, 5.74) is 5.48. The Morgan fingerprint density at radius 3 is 1.65 bits per heavy atom. The molecule has 2 aliphatic heterocycles. The SMILES string of the molecule is C(OCC1CO1)C1CO1.CCO[Si](CCCN)(OCC)OCC. The van der Waals surface area contributed by atoms with Crippen LogP contribution in [0.4, 0.5) is 0 Å². The third-order valence-electron chi connectivity index (χ3n) is 3.19. The minimum Gasteiger partial charge on any atom is -0.376 e. The van der Waals surface area contributed by atoms with Gasteiger partial charge in [-0.25, -0.2) is 0 Å². The van der Waals surface area contributed by atoms with Gasteiger partial charge in [0, 0.05) is 25.9 Å². The van der Waals surface area contributed by atoms with E-state index in [0.717, 1.165) is 38.9 Å². The summed E-state index contributed by atoms with van der Waals surface area (Å²) >= 11 is 0. The fourth-order valence-electron chi connectivity index (χ4n) is 1.98. The van der Waals surface area contributed by atoms with E-state index in [1.807, 2.05) is 20.8 Å². The number of nitrogens with two attached hydrogens (primary N) is 1. The third kappa shape index (κ3) is 10.4. The maximum Gasteiger partial charge on any atom is 0.500 e. The summed E-state index contributed by atoms with van der Waals surface area (Å²) in [6.07, 6.45) is 1.68. The summed E-state index contributed by atoms with van der Waals surface area (Å²) in [4.78, 5) is 0. The van der Waals surface area contributed by atoms with Gasteiger partial charge in [0.2, 0.25) is 0 Å². The van der Waals surface area contributed by atoms with E-state index in [-0.39, 0.29) is 0 Å². The van der Waals surface area contributed by atoms with E-state index in [1.54, 1.807) is 0 Å². The number of ether oxygens (including phenoxy) is 3. The average Bonchev–Trinajstić information content (AvgIpc) is 3.42. The number of epoxide rings is 2. The minimum absolute atomic E-state index is 0.392. The Hall–Kier alpha value is -0.0631. The molecule has 2 N–H and O–H groups in total. The van der Waals surface area contributed by atoms with Crippen LogP contribution in [0.2, 0.25) is 6.04 Å². The zero-order valence-corrected chi connectivity index (χ0v) is 15.8. The van der Waals surface area contributed by atoms with Crippen LogP contribution in [0.15, 0.2) is 0 Å². The summed E-state index contributed by atoms with van der Waals surface area (Å²) in [5.74, 6) is 0. The quantitative estimate of drug-likeness (QED) is 0.394. The predicted molar refractivity (Wildman–Crippen MR) is 89.4 cm³/mol. The summed E-state index contributed by atoms with van der Waals surface area (Å²) in [7, 11) is -2.40. The molecule has 0 bridgehead atoms. The van der Waals surface area contributed by atoms with Crippen molar-refractivity contribution in [1.82, 2.24) is 0 Å². The van der Waals surface area contributed by atoms with E-state index in [2.05, 4.69) is 0 Å². The first-order valence-electron chi connectivity index (χ1n) is 8.62. The zero-order chi connectivity index (χ0) is 17.0. The highest BCUT2D eigenvalue weighted by molar-refractivity contribution is 6.60. The summed E-state index contributed by atoms with van der Waals surface area (Å²) in [5, 5.41) is 0. The Kier molecular flexibility index (Phi) is 11.2. The molecule has 0 amide bonds. The molecule has 0 aliphatic carbocycles. The van der Waals surface area contributed by atoms with Crippen LogP contribution in [0.1, 0.15) is 27.2 Å². The highest BCUT2D eigenvalue weighted by Crippen LogP contribution is 2.17. The van der Waals surface area contributed by atoms with Crippen LogP contribution in [0, 0.1) is 0 Å². The Balaban J connectivity index is 0.000000248. The van der Waals surface area contributed by atoms with Gasteiger partial charge in [0.25, 0.3) is 0 Å². The van der Waals surface area contributed by atoms with Crippen molar-refractivity contribution >= 4 is 8.80 Å². The van der Waals surface area contributed by atoms with E-state index in [1.165, 1.54) is 0 Å². The van der Waals surface area contributed by atoms with Gasteiger partial charge in [0.1, 0.15) is 12.2 Å². The van der Waals surface area contributed by atoms with Gasteiger partial charge in [-0.15, -0.1) is 0 Å².